The number of thioether (sulfide) groups is 1. The van der Waals surface area contributed by atoms with E-state index in [2.05, 4.69) is 34.7 Å². The summed E-state index contributed by atoms with van der Waals surface area (Å²) in [7, 11) is -3.55. The normalized spacial score (nSPS) is 24.1. The van der Waals surface area contributed by atoms with Gasteiger partial charge in [0.2, 0.25) is 21.1 Å². The number of nitrogens with one attached hydrogen (secondary N) is 1. The van der Waals surface area contributed by atoms with Crippen LogP contribution in [0, 0.1) is 11.8 Å². The van der Waals surface area contributed by atoms with Crippen molar-refractivity contribution in [3.05, 3.63) is 24.3 Å². The van der Waals surface area contributed by atoms with Crippen LogP contribution in [0.4, 0.5) is 5.69 Å². The number of amides is 1. The van der Waals surface area contributed by atoms with Crippen molar-refractivity contribution in [1.82, 2.24) is 24.5 Å². The fraction of sp³-hybridized carbons (Fsp3) is 0.619. The minimum Gasteiger partial charge on any atom is -0.376 e. The van der Waals surface area contributed by atoms with Gasteiger partial charge in [0, 0.05) is 25.4 Å². The molecule has 2 aliphatic rings. The number of tetrazole rings is 1. The Morgan fingerprint density at radius 2 is 1.94 bits per heavy atom. The number of carbonyl (C=O) groups is 1. The van der Waals surface area contributed by atoms with Crippen LogP contribution in [0.15, 0.2) is 34.3 Å². The summed E-state index contributed by atoms with van der Waals surface area (Å²) in [5.74, 6) is 0.591. The van der Waals surface area contributed by atoms with Gasteiger partial charge >= 0.3 is 0 Å². The third-order valence-electron chi connectivity index (χ3n) is 5.84. The molecule has 0 aliphatic carbocycles. The van der Waals surface area contributed by atoms with Gasteiger partial charge < -0.3 is 10.1 Å². The smallest absolute Gasteiger partial charge is 0.243 e. The fourth-order valence-electron chi connectivity index (χ4n) is 4.38. The first-order valence-electron chi connectivity index (χ1n) is 11.2. The van der Waals surface area contributed by atoms with Gasteiger partial charge in [0.1, 0.15) is 0 Å². The molecule has 1 aromatic heterocycles. The molecule has 33 heavy (non-hydrogen) atoms. The lowest BCUT2D eigenvalue weighted by Crippen LogP contribution is -2.42. The molecule has 1 aromatic carbocycles. The predicted octanol–water partition coefficient (Wildman–Crippen LogP) is 2.25. The van der Waals surface area contributed by atoms with E-state index >= 15 is 0 Å². The highest BCUT2D eigenvalue weighted by molar-refractivity contribution is 7.99. The van der Waals surface area contributed by atoms with Crippen LogP contribution in [-0.4, -0.2) is 70.4 Å². The molecule has 0 spiro atoms. The summed E-state index contributed by atoms with van der Waals surface area (Å²) in [4.78, 5) is 12.6. The molecule has 3 atom stereocenters. The van der Waals surface area contributed by atoms with Gasteiger partial charge in [0.05, 0.1) is 23.3 Å². The van der Waals surface area contributed by atoms with Crippen LogP contribution in [0.25, 0.3) is 0 Å². The number of hydrogen-bond donors (Lipinski definition) is 1. The molecule has 3 heterocycles. The molecule has 2 fully saturated rings. The van der Waals surface area contributed by atoms with Crippen molar-refractivity contribution in [2.45, 2.75) is 55.8 Å². The van der Waals surface area contributed by atoms with Crippen molar-refractivity contribution in [2.24, 2.45) is 11.8 Å². The third kappa shape index (κ3) is 6.11. The van der Waals surface area contributed by atoms with Gasteiger partial charge in [0.15, 0.2) is 0 Å². The molecule has 2 aliphatic heterocycles. The molecule has 0 saturated carbocycles. The number of benzene rings is 1. The second kappa shape index (κ2) is 10.5. The molecule has 1 N–H and O–H groups in total. The zero-order chi connectivity index (χ0) is 23.4. The highest BCUT2D eigenvalue weighted by Gasteiger charge is 2.31. The molecule has 0 unspecified atom stereocenters. The van der Waals surface area contributed by atoms with E-state index < -0.39 is 10.0 Å². The first-order chi connectivity index (χ1) is 15.8. The van der Waals surface area contributed by atoms with Gasteiger partial charge in [-0.1, -0.05) is 25.6 Å². The number of sulfonamides is 1. The lowest BCUT2D eigenvalue weighted by atomic mass is 9.94. The molecule has 0 bridgehead atoms. The number of piperidine rings is 1. The van der Waals surface area contributed by atoms with E-state index in [9.17, 15) is 13.2 Å². The number of anilines is 1. The summed E-state index contributed by atoms with van der Waals surface area (Å²) in [6.45, 7) is 6.56. The minimum atomic E-state index is -3.55. The van der Waals surface area contributed by atoms with E-state index in [1.54, 1.807) is 33.3 Å². The average Bonchev–Trinajstić information content (AvgIpc) is 3.44. The summed E-state index contributed by atoms with van der Waals surface area (Å²) >= 11 is 1.25. The van der Waals surface area contributed by atoms with E-state index in [1.807, 2.05) is 0 Å². The monoisotopic (exact) mass is 494 g/mol. The molecule has 0 radical (unpaired) electrons. The molecular weight excluding hydrogens is 464 g/mol. The summed E-state index contributed by atoms with van der Waals surface area (Å²) in [5, 5.41) is 15.0. The summed E-state index contributed by atoms with van der Waals surface area (Å²) in [6, 6.07) is 6.33. The van der Waals surface area contributed by atoms with Crippen LogP contribution >= 0.6 is 11.8 Å². The second-order valence-corrected chi connectivity index (χ2v) is 11.8. The second-order valence-electron chi connectivity index (χ2n) is 8.91. The summed E-state index contributed by atoms with van der Waals surface area (Å²) < 4.78 is 34.9. The Hall–Kier alpha value is -2.02. The Labute approximate surface area is 198 Å². The molecule has 180 valence electrons. The van der Waals surface area contributed by atoms with E-state index in [0.29, 0.717) is 42.3 Å². The van der Waals surface area contributed by atoms with Crippen molar-refractivity contribution in [3.8, 4) is 0 Å². The van der Waals surface area contributed by atoms with Crippen LogP contribution in [0.1, 0.15) is 33.1 Å². The SMILES string of the molecule is C[C@@H]1C[C@H](C)CN(S(=O)(=O)c2ccc(NC(=O)CSc3nnnn3C[C@@H]3CCCO3)cc2)C1. The highest BCUT2D eigenvalue weighted by atomic mass is 32.2. The first kappa shape index (κ1) is 24.1. The molecule has 10 nitrogen and oxygen atoms in total. The van der Waals surface area contributed by atoms with Gasteiger partial charge in [-0.15, -0.1) is 5.10 Å². The van der Waals surface area contributed by atoms with E-state index in [4.69, 9.17) is 4.74 Å². The predicted molar refractivity (Wildman–Crippen MR) is 124 cm³/mol. The number of rotatable bonds is 8. The first-order valence-corrected chi connectivity index (χ1v) is 13.6. The average molecular weight is 495 g/mol. The number of ether oxygens (including phenoxy) is 1. The quantitative estimate of drug-likeness (QED) is 0.555. The standard InChI is InChI=1S/C21H30N6O4S2/c1-15-10-16(2)12-26(11-15)33(29,30)19-7-5-17(6-8-19)22-20(28)14-32-21-23-24-25-27(21)13-18-4-3-9-31-18/h5-8,15-16,18H,3-4,9-14H2,1-2H3,(H,22,28)/t15-,16+,18-/m0/s1. The van der Waals surface area contributed by atoms with Gasteiger partial charge in [-0.05, 0) is 65.8 Å². The van der Waals surface area contributed by atoms with E-state index in [1.165, 1.54) is 11.8 Å². The number of aromatic nitrogens is 4. The summed E-state index contributed by atoms with van der Waals surface area (Å²) in [6.07, 6.45) is 3.16. The Morgan fingerprint density at radius 3 is 2.61 bits per heavy atom. The Kier molecular flexibility index (Phi) is 7.67. The van der Waals surface area contributed by atoms with Crippen molar-refractivity contribution < 1.29 is 17.9 Å². The Morgan fingerprint density at radius 1 is 1.21 bits per heavy atom. The fourth-order valence-corrected chi connectivity index (χ4v) is 6.75. The molecular formula is C21H30N6O4S2. The third-order valence-corrected chi connectivity index (χ3v) is 8.65. The number of hydrogen-bond acceptors (Lipinski definition) is 8. The van der Waals surface area contributed by atoms with Crippen molar-refractivity contribution in [1.29, 1.82) is 0 Å². The van der Waals surface area contributed by atoms with Gasteiger partial charge in [-0.3, -0.25) is 4.79 Å². The Bertz CT molecular complexity index is 1040. The Balaban J connectivity index is 1.31. The van der Waals surface area contributed by atoms with E-state index in [0.717, 1.165) is 25.9 Å². The molecule has 4 rings (SSSR count). The van der Waals surface area contributed by atoms with Crippen LogP contribution in [-0.2, 0) is 26.1 Å². The lowest BCUT2D eigenvalue weighted by Gasteiger charge is -2.34. The number of carbonyl (C=O) groups excluding carboxylic acids is 1. The van der Waals surface area contributed by atoms with Gasteiger partial charge in [-0.2, -0.15) is 4.31 Å². The molecule has 2 aromatic rings. The maximum Gasteiger partial charge on any atom is 0.243 e. The largest absolute Gasteiger partial charge is 0.376 e. The lowest BCUT2D eigenvalue weighted by molar-refractivity contribution is -0.113. The molecule has 2 saturated heterocycles. The number of nitrogens with zero attached hydrogens (tertiary/aromatic N) is 5. The van der Waals surface area contributed by atoms with Crippen LogP contribution in [0.5, 0.6) is 0 Å². The molecule has 1 amide bonds. The minimum absolute atomic E-state index is 0.104. The van der Waals surface area contributed by atoms with Crippen molar-refractivity contribution in [3.63, 3.8) is 0 Å². The molecule has 12 heteroatoms. The maximum absolute atomic E-state index is 13.0. The summed E-state index contributed by atoms with van der Waals surface area (Å²) in [5.41, 5.74) is 0.541. The zero-order valence-corrected chi connectivity index (χ0v) is 20.5. The van der Waals surface area contributed by atoms with Crippen molar-refractivity contribution in [2.75, 3.05) is 30.8 Å². The maximum atomic E-state index is 13.0. The van der Waals surface area contributed by atoms with Crippen molar-refractivity contribution >= 4 is 33.4 Å². The zero-order valence-electron chi connectivity index (χ0n) is 18.9. The van der Waals surface area contributed by atoms with Crippen LogP contribution in [0.3, 0.4) is 0 Å². The van der Waals surface area contributed by atoms with Crippen LogP contribution in [0.2, 0.25) is 0 Å². The van der Waals surface area contributed by atoms with Crippen LogP contribution < -0.4 is 5.32 Å². The van der Waals surface area contributed by atoms with Gasteiger partial charge in [0.25, 0.3) is 0 Å². The highest BCUT2D eigenvalue weighted by Crippen LogP contribution is 2.27. The van der Waals surface area contributed by atoms with Gasteiger partial charge in [-0.25, -0.2) is 13.1 Å². The topological polar surface area (TPSA) is 119 Å². The van der Waals surface area contributed by atoms with E-state index in [-0.39, 0.29) is 22.7 Å².